The Morgan fingerprint density at radius 1 is 0.912 bits per heavy atom. The number of hydrogen-bond donors (Lipinski definition) is 1. The summed E-state index contributed by atoms with van der Waals surface area (Å²) in [7, 11) is 0. The van der Waals surface area contributed by atoms with Crippen molar-refractivity contribution in [2.75, 3.05) is 42.5 Å². The van der Waals surface area contributed by atoms with Crippen molar-refractivity contribution >= 4 is 35.2 Å². The first-order chi connectivity index (χ1) is 16.1. The van der Waals surface area contributed by atoms with Gasteiger partial charge in [0.2, 0.25) is 11.8 Å². The van der Waals surface area contributed by atoms with Gasteiger partial charge in [0.1, 0.15) is 5.60 Å². The van der Waals surface area contributed by atoms with Gasteiger partial charge in [0.05, 0.1) is 5.92 Å². The number of carbonyl (C=O) groups is 4. The molecule has 0 bridgehead atoms. The van der Waals surface area contributed by atoms with Gasteiger partial charge in [0.15, 0.2) is 0 Å². The van der Waals surface area contributed by atoms with E-state index in [1.165, 1.54) is 0 Å². The van der Waals surface area contributed by atoms with Crippen LogP contribution in [0.1, 0.15) is 46.5 Å². The number of nitrogens with one attached hydrogen (secondary N) is 1. The Labute approximate surface area is 200 Å². The lowest BCUT2D eigenvalue weighted by Gasteiger charge is -2.35. The first-order valence-corrected chi connectivity index (χ1v) is 12.1. The number of imide groups is 1. The summed E-state index contributed by atoms with van der Waals surface area (Å²) in [5.41, 5.74) is 1.29. The average Bonchev–Trinajstić information content (AvgIpc) is 3.28. The van der Waals surface area contributed by atoms with Crippen LogP contribution in [-0.2, 0) is 19.1 Å². The SMILES string of the molecule is CC(C)(C)OC(=O)[C@@H]1CCN(C(=O)C2CCN(c3ccc(N4CCC(=O)NC4=O)cc3)CC2)C1. The van der Waals surface area contributed by atoms with Gasteiger partial charge in [-0.05, 0) is 64.3 Å². The van der Waals surface area contributed by atoms with Crippen LogP contribution in [0.4, 0.5) is 16.2 Å². The fourth-order valence-corrected chi connectivity index (χ4v) is 4.83. The van der Waals surface area contributed by atoms with Crippen molar-refractivity contribution in [3.05, 3.63) is 24.3 Å². The van der Waals surface area contributed by atoms with Crippen molar-refractivity contribution in [3.63, 3.8) is 0 Å². The van der Waals surface area contributed by atoms with Crippen LogP contribution >= 0.6 is 0 Å². The highest BCUT2D eigenvalue weighted by Gasteiger charge is 2.37. The minimum absolute atomic E-state index is 0.0255. The molecule has 9 nitrogen and oxygen atoms in total. The van der Waals surface area contributed by atoms with Gasteiger partial charge in [-0.1, -0.05) is 0 Å². The summed E-state index contributed by atoms with van der Waals surface area (Å²) in [5.74, 6) is -0.574. The van der Waals surface area contributed by atoms with E-state index in [1.807, 2.05) is 49.9 Å². The highest BCUT2D eigenvalue weighted by Crippen LogP contribution is 2.29. The molecule has 9 heteroatoms. The van der Waals surface area contributed by atoms with Gasteiger partial charge in [-0.15, -0.1) is 0 Å². The van der Waals surface area contributed by atoms with Crippen LogP contribution in [-0.4, -0.2) is 67.0 Å². The number of piperidine rings is 1. The maximum Gasteiger partial charge on any atom is 0.328 e. The van der Waals surface area contributed by atoms with Gasteiger partial charge in [-0.25, -0.2) is 4.79 Å². The molecule has 3 fully saturated rings. The van der Waals surface area contributed by atoms with E-state index in [0.717, 1.165) is 37.3 Å². The molecule has 0 aromatic heterocycles. The van der Waals surface area contributed by atoms with E-state index < -0.39 is 5.60 Å². The number of esters is 1. The van der Waals surface area contributed by atoms with E-state index in [1.54, 1.807) is 4.90 Å². The van der Waals surface area contributed by atoms with E-state index >= 15 is 0 Å². The summed E-state index contributed by atoms with van der Waals surface area (Å²) in [5, 5.41) is 2.34. The molecule has 34 heavy (non-hydrogen) atoms. The first kappa shape index (κ1) is 24.0. The fraction of sp³-hybridized carbons (Fsp3) is 0.600. The Morgan fingerprint density at radius 2 is 1.53 bits per heavy atom. The molecule has 4 amide bonds. The standard InChI is InChI=1S/C25H34N4O5/c1-25(2,3)34-23(32)18-10-14-28(16-18)22(31)17-8-12-27(13-9-17)19-4-6-20(7-5-19)29-15-11-21(30)26-24(29)33/h4-7,17-18H,8-16H2,1-3H3,(H,26,30,33)/t18-/m1/s1. The summed E-state index contributed by atoms with van der Waals surface area (Å²) < 4.78 is 5.49. The Balaban J connectivity index is 1.27. The minimum atomic E-state index is -0.515. The highest BCUT2D eigenvalue weighted by molar-refractivity contribution is 6.05. The molecule has 3 heterocycles. The first-order valence-electron chi connectivity index (χ1n) is 12.1. The average molecular weight is 471 g/mol. The van der Waals surface area contributed by atoms with Crippen molar-refractivity contribution in [2.45, 2.75) is 52.1 Å². The molecule has 184 valence electrons. The van der Waals surface area contributed by atoms with Crippen LogP contribution in [0.3, 0.4) is 0 Å². The number of carbonyl (C=O) groups excluding carboxylic acids is 4. The molecule has 4 rings (SSSR count). The molecule has 3 aliphatic heterocycles. The van der Waals surface area contributed by atoms with Gasteiger partial charge < -0.3 is 14.5 Å². The predicted octanol–water partition coefficient (Wildman–Crippen LogP) is 2.54. The number of benzene rings is 1. The fourth-order valence-electron chi connectivity index (χ4n) is 4.83. The molecule has 0 saturated carbocycles. The van der Waals surface area contributed by atoms with Gasteiger partial charge in [0, 0.05) is 56.4 Å². The number of urea groups is 1. The zero-order chi connectivity index (χ0) is 24.5. The third-order valence-corrected chi connectivity index (χ3v) is 6.66. The minimum Gasteiger partial charge on any atom is -0.460 e. The van der Waals surface area contributed by atoms with E-state index in [4.69, 9.17) is 4.74 Å². The largest absolute Gasteiger partial charge is 0.460 e. The zero-order valence-corrected chi connectivity index (χ0v) is 20.2. The van der Waals surface area contributed by atoms with Gasteiger partial charge in [0.25, 0.3) is 0 Å². The maximum absolute atomic E-state index is 13.1. The molecule has 0 aliphatic carbocycles. The second kappa shape index (κ2) is 9.64. The van der Waals surface area contributed by atoms with E-state index in [0.29, 0.717) is 32.5 Å². The Bertz CT molecular complexity index is 947. The lowest BCUT2D eigenvalue weighted by molar-refractivity contribution is -0.159. The lowest BCUT2D eigenvalue weighted by atomic mass is 9.95. The molecule has 1 aromatic rings. The maximum atomic E-state index is 13.1. The van der Waals surface area contributed by atoms with Gasteiger partial charge in [-0.2, -0.15) is 0 Å². The molecule has 1 aromatic carbocycles. The molecular formula is C25H34N4O5. The predicted molar refractivity (Wildman–Crippen MR) is 127 cm³/mol. The molecular weight excluding hydrogens is 436 g/mol. The number of hydrogen-bond acceptors (Lipinski definition) is 6. The van der Waals surface area contributed by atoms with Gasteiger partial charge >= 0.3 is 12.0 Å². The number of anilines is 2. The second-order valence-electron chi connectivity index (χ2n) is 10.3. The van der Waals surface area contributed by atoms with Crippen molar-refractivity contribution in [3.8, 4) is 0 Å². The van der Waals surface area contributed by atoms with Crippen molar-refractivity contribution in [1.82, 2.24) is 10.2 Å². The summed E-state index contributed by atoms with van der Waals surface area (Å²) in [6.07, 6.45) is 2.50. The van der Waals surface area contributed by atoms with E-state index in [2.05, 4.69) is 10.2 Å². The van der Waals surface area contributed by atoms with Crippen LogP contribution in [0, 0.1) is 11.8 Å². The monoisotopic (exact) mass is 470 g/mol. The molecule has 1 N–H and O–H groups in total. The zero-order valence-electron chi connectivity index (χ0n) is 20.2. The topological polar surface area (TPSA) is 99.3 Å². The van der Waals surface area contributed by atoms with Crippen LogP contribution in [0.15, 0.2) is 24.3 Å². The van der Waals surface area contributed by atoms with Crippen LogP contribution in [0.25, 0.3) is 0 Å². The summed E-state index contributed by atoms with van der Waals surface area (Å²) in [6.45, 7) is 8.56. The third kappa shape index (κ3) is 5.51. The number of rotatable bonds is 4. The molecule has 0 unspecified atom stereocenters. The summed E-state index contributed by atoms with van der Waals surface area (Å²) in [4.78, 5) is 54.5. The number of nitrogens with zero attached hydrogens (tertiary/aromatic N) is 3. The Kier molecular flexibility index (Phi) is 6.81. The van der Waals surface area contributed by atoms with Crippen molar-refractivity contribution < 1.29 is 23.9 Å². The second-order valence-corrected chi connectivity index (χ2v) is 10.3. The molecule has 3 aliphatic rings. The highest BCUT2D eigenvalue weighted by atomic mass is 16.6. The molecule has 0 spiro atoms. The van der Waals surface area contributed by atoms with Crippen molar-refractivity contribution in [2.24, 2.45) is 11.8 Å². The van der Waals surface area contributed by atoms with Crippen molar-refractivity contribution in [1.29, 1.82) is 0 Å². The smallest absolute Gasteiger partial charge is 0.328 e. The number of amides is 4. The summed E-state index contributed by atoms with van der Waals surface area (Å²) in [6, 6.07) is 7.35. The quantitative estimate of drug-likeness (QED) is 0.679. The summed E-state index contributed by atoms with van der Waals surface area (Å²) >= 11 is 0. The molecule has 3 saturated heterocycles. The number of likely N-dealkylation sites (tertiary alicyclic amines) is 1. The normalized spacial score (nSPS) is 22.1. The van der Waals surface area contributed by atoms with E-state index in [-0.39, 0.29) is 35.7 Å². The van der Waals surface area contributed by atoms with Crippen LogP contribution < -0.4 is 15.1 Å². The molecule has 1 atom stereocenters. The van der Waals surface area contributed by atoms with Gasteiger partial charge in [-0.3, -0.25) is 24.6 Å². The Hall–Kier alpha value is -3.10. The molecule has 0 radical (unpaired) electrons. The van der Waals surface area contributed by atoms with Crippen LogP contribution in [0.5, 0.6) is 0 Å². The third-order valence-electron chi connectivity index (χ3n) is 6.66. The van der Waals surface area contributed by atoms with E-state index in [9.17, 15) is 19.2 Å². The Morgan fingerprint density at radius 3 is 2.15 bits per heavy atom. The number of ether oxygens (including phenoxy) is 1. The lowest BCUT2D eigenvalue weighted by Crippen LogP contribution is -2.49. The van der Waals surface area contributed by atoms with Crippen LogP contribution in [0.2, 0.25) is 0 Å².